The van der Waals surface area contributed by atoms with Crippen LogP contribution in [-0.4, -0.2) is 74.2 Å². The van der Waals surface area contributed by atoms with E-state index in [1.165, 1.54) is 140 Å². The van der Waals surface area contributed by atoms with Crippen LogP contribution in [0.15, 0.2) is 0 Å². The average molecular weight is 508 g/mol. The fourth-order valence-electron chi connectivity index (χ4n) is 6.32. The van der Waals surface area contributed by atoms with Gasteiger partial charge in [0.05, 0.1) is 6.61 Å². The summed E-state index contributed by atoms with van der Waals surface area (Å²) in [6.45, 7) is 4.79. The molecule has 2 rings (SSSR count). The Hall–Kier alpha value is -0.650. The molecule has 1 saturated carbocycles. The lowest BCUT2D eigenvalue weighted by Gasteiger charge is -2.36. The van der Waals surface area contributed by atoms with Gasteiger partial charge in [0.25, 0.3) is 0 Å². The van der Waals surface area contributed by atoms with Gasteiger partial charge in [0.1, 0.15) is 0 Å². The van der Waals surface area contributed by atoms with Gasteiger partial charge in [0.15, 0.2) is 0 Å². The minimum atomic E-state index is 0.632. The predicted octanol–water partition coefficient (Wildman–Crippen LogP) is 7.44. The molecule has 36 heavy (non-hydrogen) atoms. The van der Waals surface area contributed by atoms with Crippen LogP contribution in [0.4, 0.5) is 0 Å². The van der Waals surface area contributed by atoms with E-state index in [9.17, 15) is 4.79 Å². The fourth-order valence-corrected chi connectivity index (χ4v) is 6.32. The summed E-state index contributed by atoms with van der Waals surface area (Å²) in [6, 6.07) is 0.632. The first-order valence-corrected chi connectivity index (χ1v) is 15.9. The Balaban J connectivity index is 1.41. The standard InChI is InChI=1S/C31H61N3O2/c1-32(2)24-18-27-34(29-35)36-28-23-31-22-15-17-26-33(31)25-16-10-8-6-4-3-5-7-9-12-19-30-20-13-11-14-21-30/h29-31H,3-28H2,1-2H3. The van der Waals surface area contributed by atoms with Crippen LogP contribution in [0, 0.1) is 5.92 Å². The molecule has 0 radical (unpaired) electrons. The van der Waals surface area contributed by atoms with Gasteiger partial charge in [-0.05, 0) is 71.8 Å². The van der Waals surface area contributed by atoms with Crippen molar-refractivity contribution in [1.82, 2.24) is 14.9 Å². The Labute approximate surface area is 224 Å². The van der Waals surface area contributed by atoms with E-state index < -0.39 is 0 Å². The molecule has 0 N–H and O–H groups in total. The van der Waals surface area contributed by atoms with Gasteiger partial charge in [-0.3, -0.25) is 9.63 Å². The van der Waals surface area contributed by atoms with E-state index in [-0.39, 0.29) is 0 Å². The van der Waals surface area contributed by atoms with Crippen molar-refractivity contribution in [3.8, 4) is 0 Å². The fraction of sp³-hybridized carbons (Fsp3) is 0.968. The van der Waals surface area contributed by atoms with Gasteiger partial charge in [0.2, 0.25) is 6.41 Å². The molecule has 5 heteroatoms. The molecular weight excluding hydrogens is 446 g/mol. The van der Waals surface area contributed by atoms with Crippen molar-refractivity contribution in [2.75, 3.05) is 46.9 Å². The van der Waals surface area contributed by atoms with E-state index in [1.807, 2.05) is 0 Å². The first-order valence-electron chi connectivity index (χ1n) is 15.9. The third kappa shape index (κ3) is 15.6. The summed E-state index contributed by atoms with van der Waals surface area (Å²) in [4.78, 5) is 21.9. The first kappa shape index (κ1) is 31.6. The summed E-state index contributed by atoms with van der Waals surface area (Å²) < 4.78 is 0. The van der Waals surface area contributed by atoms with Gasteiger partial charge in [-0.25, -0.2) is 5.06 Å². The van der Waals surface area contributed by atoms with Crippen LogP contribution in [0.1, 0.15) is 135 Å². The van der Waals surface area contributed by atoms with Gasteiger partial charge < -0.3 is 9.80 Å². The molecule has 1 saturated heterocycles. The molecule has 0 aromatic rings. The molecular formula is C31H61N3O2. The van der Waals surface area contributed by atoms with Crippen molar-refractivity contribution in [3.05, 3.63) is 0 Å². The van der Waals surface area contributed by atoms with E-state index in [0.29, 0.717) is 19.2 Å². The number of carbonyl (C=O) groups excluding carboxylic acids is 1. The number of hydrogen-bond acceptors (Lipinski definition) is 4. The highest BCUT2D eigenvalue weighted by molar-refractivity contribution is 5.44. The van der Waals surface area contributed by atoms with Crippen molar-refractivity contribution in [2.24, 2.45) is 5.92 Å². The third-order valence-electron chi connectivity index (χ3n) is 8.59. The van der Waals surface area contributed by atoms with Crippen LogP contribution >= 0.6 is 0 Å². The van der Waals surface area contributed by atoms with E-state index in [4.69, 9.17) is 4.84 Å². The molecule has 1 amide bonds. The Morgan fingerprint density at radius 1 is 0.722 bits per heavy atom. The Morgan fingerprint density at radius 3 is 2.03 bits per heavy atom. The van der Waals surface area contributed by atoms with Crippen LogP contribution in [-0.2, 0) is 9.63 Å². The number of hydroxylamine groups is 2. The molecule has 1 aliphatic heterocycles. The topological polar surface area (TPSA) is 36.0 Å². The lowest BCUT2D eigenvalue weighted by Crippen LogP contribution is -2.41. The zero-order valence-electron chi connectivity index (χ0n) is 24.3. The number of hydrogen-bond donors (Lipinski definition) is 0. The number of rotatable bonds is 22. The molecule has 0 aromatic carbocycles. The maximum Gasteiger partial charge on any atom is 0.233 e. The molecule has 1 heterocycles. The van der Waals surface area contributed by atoms with Crippen LogP contribution in [0.25, 0.3) is 0 Å². The van der Waals surface area contributed by atoms with Gasteiger partial charge in [-0.15, -0.1) is 0 Å². The lowest BCUT2D eigenvalue weighted by atomic mass is 9.85. The van der Waals surface area contributed by atoms with Crippen molar-refractivity contribution in [3.63, 3.8) is 0 Å². The minimum Gasteiger partial charge on any atom is -0.309 e. The highest BCUT2D eigenvalue weighted by Crippen LogP contribution is 2.28. The smallest absolute Gasteiger partial charge is 0.233 e. The van der Waals surface area contributed by atoms with Crippen molar-refractivity contribution in [1.29, 1.82) is 0 Å². The Morgan fingerprint density at radius 2 is 1.36 bits per heavy atom. The molecule has 1 unspecified atom stereocenters. The number of likely N-dealkylation sites (tertiary alicyclic amines) is 1. The average Bonchev–Trinajstić information content (AvgIpc) is 2.89. The van der Waals surface area contributed by atoms with Crippen LogP contribution in [0.2, 0.25) is 0 Å². The summed E-state index contributed by atoms with van der Waals surface area (Å²) >= 11 is 0. The minimum absolute atomic E-state index is 0.632. The summed E-state index contributed by atoms with van der Waals surface area (Å²) in [5.41, 5.74) is 0. The summed E-state index contributed by atoms with van der Waals surface area (Å²) in [5.74, 6) is 1.07. The zero-order valence-corrected chi connectivity index (χ0v) is 24.3. The van der Waals surface area contributed by atoms with Gasteiger partial charge in [-0.2, -0.15) is 0 Å². The van der Waals surface area contributed by atoms with Crippen molar-refractivity contribution >= 4 is 6.41 Å². The van der Waals surface area contributed by atoms with Crippen LogP contribution in [0.3, 0.4) is 0 Å². The number of piperidine rings is 1. The molecule has 5 nitrogen and oxygen atoms in total. The summed E-state index contributed by atoms with van der Waals surface area (Å²) in [7, 11) is 4.12. The van der Waals surface area contributed by atoms with Crippen molar-refractivity contribution in [2.45, 2.75) is 141 Å². The molecule has 1 aliphatic carbocycles. The summed E-state index contributed by atoms with van der Waals surface area (Å²) in [5, 5.41) is 1.49. The largest absolute Gasteiger partial charge is 0.309 e. The lowest BCUT2D eigenvalue weighted by molar-refractivity contribution is -0.174. The molecule has 212 valence electrons. The molecule has 2 fully saturated rings. The van der Waals surface area contributed by atoms with Crippen LogP contribution in [0.5, 0.6) is 0 Å². The number of amides is 1. The first-order chi connectivity index (χ1) is 17.7. The molecule has 0 spiro atoms. The number of carbonyl (C=O) groups is 1. The van der Waals surface area contributed by atoms with Gasteiger partial charge in [-0.1, -0.05) is 103 Å². The van der Waals surface area contributed by atoms with E-state index in [0.717, 1.165) is 31.7 Å². The highest BCUT2D eigenvalue weighted by Gasteiger charge is 2.22. The van der Waals surface area contributed by atoms with Crippen molar-refractivity contribution < 1.29 is 9.63 Å². The SMILES string of the molecule is CN(C)CCCN(C=O)OCCC1CCCCN1CCCCCCCCCCCCC1CCCCC1. The quantitative estimate of drug-likeness (QED) is 0.0866. The summed E-state index contributed by atoms with van der Waals surface area (Å²) in [6.07, 6.45) is 30.1. The molecule has 0 aromatic heterocycles. The Bertz CT molecular complexity index is 510. The molecule has 0 bridgehead atoms. The highest BCUT2D eigenvalue weighted by atomic mass is 16.7. The maximum atomic E-state index is 11.3. The second kappa shape index (κ2) is 21.3. The van der Waals surface area contributed by atoms with E-state index in [2.05, 4.69) is 23.9 Å². The normalized spacial score (nSPS) is 19.7. The number of nitrogens with zero attached hydrogens (tertiary/aromatic N) is 3. The second-order valence-electron chi connectivity index (χ2n) is 12.0. The van der Waals surface area contributed by atoms with Gasteiger partial charge in [0, 0.05) is 12.6 Å². The molecule has 2 aliphatic rings. The monoisotopic (exact) mass is 507 g/mol. The van der Waals surface area contributed by atoms with Gasteiger partial charge >= 0.3 is 0 Å². The van der Waals surface area contributed by atoms with Crippen LogP contribution < -0.4 is 0 Å². The maximum absolute atomic E-state index is 11.3. The van der Waals surface area contributed by atoms with E-state index in [1.54, 1.807) is 0 Å². The molecule has 1 atom stereocenters. The Kier molecular flexibility index (Phi) is 18.7. The number of unbranched alkanes of at least 4 members (excludes halogenated alkanes) is 9. The third-order valence-corrected chi connectivity index (χ3v) is 8.59. The van der Waals surface area contributed by atoms with E-state index >= 15 is 0 Å². The predicted molar refractivity (Wildman–Crippen MR) is 153 cm³/mol. The second-order valence-corrected chi connectivity index (χ2v) is 12.0. The zero-order chi connectivity index (χ0) is 25.7.